The van der Waals surface area contributed by atoms with Gasteiger partial charge in [0.05, 0.1) is 10.6 Å². The van der Waals surface area contributed by atoms with Crippen LogP contribution in [0.15, 0.2) is 22.4 Å². The van der Waals surface area contributed by atoms with Crippen LogP contribution in [0.5, 0.6) is 0 Å². The predicted molar refractivity (Wildman–Crippen MR) is 58.8 cm³/mol. The SMILES string of the molecule is N#Cc1ccc2scc(Cl)c2c1S. The van der Waals surface area contributed by atoms with Crippen LogP contribution in [0.1, 0.15) is 5.56 Å². The molecule has 0 amide bonds. The van der Waals surface area contributed by atoms with Gasteiger partial charge in [-0.3, -0.25) is 0 Å². The summed E-state index contributed by atoms with van der Waals surface area (Å²) in [5.74, 6) is 0. The topological polar surface area (TPSA) is 23.8 Å². The molecule has 1 nitrogen and oxygen atoms in total. The lowest BCUT2D eigenvalue weighted by Crippen LogP contribution is -1.77. The molecule has 0 unspecified atom stereocenters. The third-order valence-electron chi connectivity index (χ3n) is 1.79. The predicted octanol–water partition coefficient (Wildman–Crippen LogP) is 3.72. The third kappa shape index (κ3) is 1.31. The van der Waals surface area contributed by atoms with E-state index >= 15 is 0 Å². The van der Waals surface area contributed by atoms with Crippen LogP contribution < -0.4 is 0 Å². The molecule has 1 heterocycles. The molecule has 2 aromatic rings. The minimum absolute atomic E-state index is 0.566. The Hall–Kier alpha value is -0.690. The molecule has 0 aliphatic heterocycles. The minimum atomic E-state index is 0.566. The lowest BCUT2D eigenvalue weighted by Gasteiger charge is -1.97. The Morgan fingerprint density at radius 2 is 2.23 bits per heavy atom. The molecule has 0 aliphatic rings. The smallest absolute Gasteiger partial charge is 0.100 e. The number of nitrogens with zero attached hydrogens (tertiary/aromatic N) is 1. The van der Waals surface area contributed by atoms with E-state index in [0.717, 1.165) is 10.1 Å². The number of hydrogen-bond acceptors (Lipinski definition) is 3. The van der Waals surface area contributed by atoms with Crippen molar-refractivity contribution in [3.63, 3.8) is 0 Å². The quantitative estimate of drug-likeness (QED) is 0.679. The van der Waals surface area contributed by atoms with Gasteiger partial charge in [0.15, 0.2) is 0 Å². The molecule has 0 aliphatic carbocycles. The Bertz CT molecular complexity index is 510. The van der Waals surface area contributed by atoms with E-state index in [-0.39, 0.29) is 0 Å². The van der Waals surface area contributed by atoms with Crippen molar-refractivity contribution in [2.24, 2.45) is 0 Å². The number of rotatable bonds is 0. The van der Waals surface area contributed by atoms with Crippen molar-refractivity contribution in [1.29, 1.82) is 5.26 Å². The summed E-state index contributed by atoms with van der Waals surface area (Å²) in [6.07, 6.45) is 0. The fraction of sp³-hybridized carbons (Fsp3) is 0. The van der Waals surface area contributed by atoms with Crippen LogP contribution in [-0.4, -0.2) is 0 Å². The standard InChI is InChI=1S/C9H4ClNS2/c10-6-4-13-7-2-1-5(3-11)9(12)8(6)7/h1-2,4,12H. The molecular formula is C9H4ClNS2. The fourth-order valence-corrected chi connectivity index (χ4v) is 2.88. The van der Waals surface area contributed by atoms with Gasteiger partial charge in [-0.1, -0.05) is 11.6 Å². The summed E-state index contributed by atoms with van der Waals surface area (Å²) in [6, 6.07) is 5.73. The largest absolute Gasteiger partial charge is 0.192 e. The van der Waals surface area contributed by atoms with Crippen LogP contribution >= 0.6 is 35.6 Å². The molecule has 0 spiro atoms. The Labute approximate surface area is 90.0 Å². The van der Waals surface area contributed by atoms with Crippen LogP contribution in [0.2, 0.25) is 5.02 Å². The zero-order valence-electron chi connectivity index (χ0n) is 6.41. The Kier molecular flexibility index (Phi) is 2.20. The lowest BCUT2D eigenvalue weighted by molar-refractivity contribution is 1.43. The number of fused-ring (bicyclic) bond motifs is 1. The number of thiol groups is 1. The molecular weight excluding hydrogens is 222 g/mol. The van der Waals surface area contributed by atoms with Gasteiger partial charge < -0.3 is 0 Å². The zero-order chi connectivity index (χ0) is 9.42. The van der Waals surface area contributed by atoms with Gasteiger partial charge in [0, 0.05) is 20.4 Å². The van der Waals surface area contributed by atoms with E-state index in [9.17, 15) is 0 Å². The Balaban J connectivity index is 2.93. The maximum absolute atomic E-state index is 8.77. The lowest BCUT2D eigenvalue weighted by atomic mass is 10.2. The summed E-state index contributed by atoms with van der Waals surface area (Å²) < 4.78 is 1.06. The summed E-state index contributed by atoms with van der Waals surface area (Å²) in [4.78, 5) is 0.672. The van der Waals surface area contributed by atoms with E-state index in [4.69, 9.17) is 16.9 Å². The van der Waals surface area contributed by atoms with Crippen LogP contribution in [-0.2, 0) is 0 Å². The molecule has 0 atom stereocenters. The van der Waals surface area contributed by atoms with Crippen molar-refractivity contribution in [2.75, 3.05) is 0 Å². The highest BCUT2D eigenvalue weighted by Crippen LogP contribution is 2.35. The summed E-state index contributed by atoms with van der Waals surface area (Å²) in [7, 11) is 0. The first-order valence-electron chi connectivity index (χ1n) is 3.53. The van der Waals surface area contributed by atoms with Crippen molar-refractivity contribution < 1.29 is 0 Å². The highest BCUT2D eigenvalue weighted by atomic mass is 35.5. The average molecular weight is 226 g/mol. The number of nitriles is 1. The van der Waals surface area contributed by atoms with Gasteiger partial charge in [-0.05, 0) is 12.1 Å². The van der Waals surface area contributed by atoms with Gasteiger partial charge >= 0.3 is 0 Å². The number of thiophene rings is 1. The summed E-state index contributed by atoms with van der Waals surface area (Å²) in [6.45, 7) is 0. The van der Waals surface area contributed by atoms with Crippen LogP contribution in [0.25, 0.3) is 10.1 Å². The minimum Gasteiger partial charge on any atom is -0.192 e. The molecule has 0 bridgehead atoms. The van der Waals surface area contributed by atoms with Gasteiger partial charge in [-0.2, -0.15) is 5.26 Å². The first kappa shape index (κ1) is 8.89. The second-order valence-electron chi connectivity index (χ2n) is 2.53. The van der Waals surface area contributed by atoms with Crippen molar-refractivity contribution in [3.8, 4) is 6.07 Å². The highest BCUT2D eigenvalue weighted by molar-refractivity contribution is 7.80. The summed E-state index contributed by atoms with van der Waals surface area (Å²) >= 11 is 11.8. The maximum Gasteiger partial charge on any atom is 0.100 e. The van der Waals surface area contributed by atoms with Gasteiger partial charge in [-0.25, -0.2) is 0 Å². The van der Waals surface area contributed by atoms with Crippen LogP contribution in [0, 0.1) is 11.3 Å². The second kappa shape index (κ2) is 3.22. The molecule has 64 valence electrons. The van der Waals surface area contributed by atoms with Crippen LogP contribution in [0.4, 0.5) is 0 Å². The van der Waals surface area contributed by atoms with E-state index in [1.807, 2.05) is 11.4 Å². The highest BCUT2D eigenvalue weighted by Gasteiger charge is 2.08. The molecule has 1 aromatic heterocycles. The van der Waals surface area contributed by atoms with Crippen molar-refractivity contribution >= 4 is 45.7 Å². The third-order valence-corrected chi connectivity index (χ3v) is 3.63. The van der Waals surface area contributed by atoms with Gasteiger partial charge in [0.1, 0.15) is 6.07 Å². The molecule has 0 saturated heterocycles. The molecule has 0 radical (unpaired) electrons. The van der Waals surface area contributed by atoms with E-state index in [0.29, 0.717) is 15.5 Å². The number of hydrogen-bond donors (Lipinski definition) is 1. The molecule has 0 fully saturated rings. The first-order chi connectivity index (χ1) is 6.24. The van der Waals surface area contributed by atoms with Crippen molar-refractivity contribution in [2.45, 2.75) is 4.90 Å². The second-order valence-corrected chi connectivity index (χ2v) is 4.30. The maximum atomic E-state index is 8.77. The Morgan fingerprint density at radius 3 is 2.92 bits per heavy atom. The normalized spacial score (nSPS) is 10.2. The van der Waals surface area contributed by atoms with Gasteiger partial charge in [0.25, 0.3) is 0 Å². The average Bonchev–Trinajstić information content (AvgIpc) is 2.49. The number of halogens is 1. The fourth-order valence-electron chi connectivity index (χ4n) is 1.17. The van der Waals surface area contributed by atoms with E-state index in [2.05, 4.69) is 18.7 Å². The Morgan fingerprint density at radius 1 is 1.46 bits per heavy atom. The van der Waals surface area contributed by atoms with E-state index in [1.54, 1.807) is 17.4 Å². The van der Waals surface area contributed by atoms with Crippen LogP contribution in [0.3, 0.4) is 0 Å². The van der Waals surface area contributed by atoms with Crippen molar-refractivity contribution in [3.05, 3.63) is 28.1 Å². The zero-order valence-corrected chi connectivity index (χ0v) is 8.88. The van der Waals surface area contributed by atoms with Gasteiger partial charge in [-0.15, -0.1) is 24.0 Å². The molecule has 13 heavy (non-hydrogen) atoms. The van der Waals surface area contributed by atoms with E-state index < -0.39 is 0 Å². The molecule has 0 saturated carbocycles. The van der Waals surface area contributed by atoms with Crippen molar-refractivity contribution in [1.82, 2.24) is 0 Å². The first-order valence-corrected chi connectivity index (χ1v) is 5.23. The molecule has 2 rings (SSSR count). The summed E-state index contributed by atoms with van der Waals surface area (Å²) in [5, 5.41) is 12.2. The van der Waals surface area contributed by atoms with E-state index in [1.165, 1.54) is 0 Å². The summed E-state index contributed by atoms with van der Waals surface area (Å²) in [5.41, 5.74) is 0.566. The van der Waals surface area contributed by atoms with Gasteiger partial charge in [0.2, 0.25) is 0 Å². The molecule has 1 aromatic carbocycles. The molecule has 0 N–H and O–H groups in total. The number of benzene rings is 1. The molecule has 4 heteroatoms. The monoisotopic (exact) mass is 225 g/mol.